The number of fused-ring (bicyclic) bond motifs is 1. The molecule has 0 saturated heterocycles. The molecule has 0 saturated carbocycles. The average molecular weight is 377 g/mol. The Labute approximate surface area is 160 Å². The van der Waals surface area contributed by atoms with E-state index in [1.54, 1.807) is 29.2 Å². The molecular formula is C21H16FN3O3. The van der Waals surface area contributed by atoms with Crippen LogP contribution in [0, 0.1) is 17.1 Å². The Bertz CT molecular complexity index is 1050. The summed E-state index contributed by atoms with van der Waals surface area (Å²) in [4.78, 5) is 18.7. The lowest BCUT2D eigenvalue weighted by Crippen LogP contribution is -2.35. The Hall–Kier alpha value is -3.66. The van der Waals surface area contributed by atoms with Gasteiger partial charge >= 0.3 is 0 Å². The molecule has 0 unspecified atom stereocenters. The van der Waals surface area contributed by atoms with E-state index in [1.807, 2.05) is 0 Å². The highest BCUT2D eigenvalue weighted by atomic mass is 19.1. The molecule has 2 aromatic carbocycles. The number of carbonyl (C=O) groups is 1. The van der Waals surface area contributed by atoms with Crippen LogP contribution in [0.25, 0.3) is 0 Å². The Morgan fingerprint density at radius 3 is 2.89 bits per heavy atom. The second-order valence-corrected chi connectivity index (χ2v) is 6.39. The molecule has 0 N–H and O–H groups in total. The van der Waals surface area contributed by atoms with E-state index in [-0.39, 0.29) is 18.3 Å². The molecule has 0 spiro atoms. The van der Waals surface area contributed by atoms with Gasteiger partial charge in [-0.15, -0.1) is 0 Å². The fraction of sp³-hybridized carbons (Fsp3) is 0.190. The fourth-order valence-electron chi connectivity index (χ4n) is 3.06. The molecule has 3 aromatic rings. The van der Waals surface area contributed by atoms with Crippen LogP contribution in [-0.2, 0) is 19.6 Å². The number of nitriles is 1. The molecule has 1 amide bonds. The highest BCUT2D eigenvalue weighted by molar-refractivity contribution is 5.94. The molecule has 6 nitrogen and oxygen atoms in total. The normalized spacial score (nSPS) is 12.9. The molecule has 0 bridgehead atoms. The van der Waals surface area contributed by atoms with Crippen LogP contribution in [-0.4, -0.2) is 22.3 Å². The van der Waals surface area contributed by atoms with Crippen LogP contribution in [0.5, 0.6) is 5.75 Å². The van der Waals surface area contributed by atoms with E-state index in [4.69, 9.17) is 14.4 Å². The molecule has 7 heteroatoms. The Kier molecular flexibility index (Phi) is 4.77. The number of amides is 1. The Morgan fingerprint density at radius 1 is 1.29 bits per heavy atom. The fourth-order valence-corrected chi connectivity index (χ4v) is 3.06. The summed E-state index contributed by atoms with van der Waals surface area (Å²) in [6.45, 7) is 0.955. The molecule has 4 rings (SSSR count). The number of benzene rings is 2. The first-order valence-corrected chi connectivity index (χ1v) is 8.77. The number of oxazole rings is 1. The van der Waals surface area contributed by atoms with Crippen LogP contribution in [0.2, 0.25) is 0 Å². The van der Waals surface area contributed by atoms with Gasteiger partial charge in [-0.05, 0) is 42.5 Å². The molecule has 1 aliphatic heterocycles. The van der Waals surface area contributed by atoms with Crippen LogP contribution in [0.1, 0.15) is 33.3 Å². The van der Waals surface area contributed by atoms with Gasteiger partial charge in [0.2, 0.25) is 5.89 Å². The third kappa shape index (κ3) is 3.71. The van der Waals surface area contributed by atoms with Crippen molar-refractivity contribution in [3.63, 3.8) is 0 Å². The first-order valence-electron chi connectivity index (χ1n) is 8.77. The van der Waals surface area contributed by atoms with Crippen LogP contribution in [0.15, 0.2) is 52.9 Å². The zero-order valence-corrected chi connectivity index (χ0v) is 14.9. The van der Waals surface area contributed by atoms with Crippen molar-refractivity contribution in [3.8, 4) is 11.8 Å². The minimum atomic E-state index is -0.377. The molecule has 0 radical (unpaired) electrons. The largest absolute Gasteiger partial charge is 0.484 e. The Morgan fingerprint density at radius 2 is 2.11 bits per heavy atom. The predicted molar refractivity (Wildman–Crippen MR) is 96.8 cm³/mol. The van der Waals surface area contributed by atoms with Crippen molar-refractivity contribution in [3.05, 3.63) is 82.8 Å². The van der Waals surface area contributed by atoms with Crippen LogP contribution in [0.4, 0.5) is 4.39 Å². The van der Waals surface area contributed by atoms with Gasteiger partial charge < -0.3 is 14.1 Å². The zero-order valence-electron chi connectivity index (χ0n) is 14.9. The SMILES string of the molecule is N#Cc1cccc(OCc2nc3c(o2)CN(C(=O)c2ccc(F)cc2)CC3)c1. The van der Waals surface area contributed by atoms with E-state index >= 15 is 0 Å². The monoisotopic (exact) mass is 377 g/mol. The van der Waals surface area contributed by atoms with Crippen molar-refractivity contribution in [1.82, 2.24) is 9.88 Å². The molecule has 0 atom stereocenters. The number of ether oxygens (including phenoxy) is 1. The molecule has 140 valence electrons. The topological polar surface area (TPSA) is 79.4 Å². The molecular weight excluding hydrogens is 361 g/mol. The van der Waals surface area contributed by atoms with Crippen molar-refractivity contribution in [2.75, 3.05) is 6.54 Å². The number of nitrogens with zero attached hydrogens (tertiary/aromatic N) is 3. The van der Waals surface area contributed by atoms with Gasteiger partial charge in [-0.3, -0.25) is 4.79 Å². The Balaban J connectivity index is 1.42. The van der Waals surface area contributed by atoms with E-state index in [0.29, 0.717) is 48.0 Å². The highest BCUT2D eigenvalue weighted by Crippen LogP contribution is 2.23. The maximum absolute atomic E-state index is 13.1. The van der Waals surface area contributed by atoms with Crippen LogP contribution < -0.4 is 4.74 Å². The van der Waals surface area contributed by atoms with Crippen molar-refractivity contribution in [2.24, 2.45) is 0 Å². The number of hydrogen-bond donors (Lipinski definition) is 0. The number of carbonyl (C=O) groups excluding carboxylic acids is 1. The van der Waals surface area contributed by atoms with Gasteiger partial charge in [0.05, 0.1) is 23.9 Å². The average Bonchev–Trinajstić information content (AvgIpc) is 3.14. The molecule has 1 aliphatic rings. The zero-order chi connectivity index (χ0) is 19.5. The second-order valence-electron chi connectivity index (χ2n) is 6.39. The number of hydrogen-bond acceptors (Lipinski definition) is 5. The van der Waals surface area contributed by atoms with Crippen molar-refractivity contribution in [2.45, 2.75) is 19.6 Å². The van der Waals surface area contributed by atoms with Gasteiger partial charge in [-0.1, -0.05) is 6.07 Å². The molecule has 1 aromatic heterocycles. The quantitative estimate of drug-likeness (QED) is 0.696. The van der Waals surface area contributed by atoms with Crippen LogP contribution >= 0.6 is 0 Å². The summed E-state index contributed by atoms with van der Waals surface area (Å²) < 4.78 is 24.5. The lowest BCUT2D eigenvalue weighted by atomic mass is 10.1. The van der Waals surface area contributed by atoms with Gasteiger partial charge in [0.15, 0.2) is 6.61 Å². The van der Waals surface area contributed by atoms with Crippen molar-refractivity contribution < 1.29 is 18.3 Å². The summed E-state index contributed by atoms with van der Waals surface area (Å²) in [6.07, 6.45) is 0.579. The lowest BCUT2D eigenvalue weighted by Gasteiger charge is -2.25. The lowest BCUT2D eigenvalue weighted by molar-refractivity contribution is 0.0718. The first-order chi connectivity index (χ1) is 13.6. The summed E-state index contributed by atoms with van der Waals surface area (Å²) in [5.74, 6) is 1.06. The van der Waals surface area contributed by atoms with Gasteiger partial charge in [-0.2, -0.15) is 5.26 Å². The summed E-state index contributed by atoms with van der Waals surface area (Å²) in [5, 5.41) is 8.94. The first kappa shape index (κ1) is 17.7. The predicted octanol–water partition coefficient (Wildman–Crippen LogP) is 3.46. The maximum Gasteiger partial charge on any atom is 0.254 e. The number of rotatable bonds is 4. The van der Waals surface area contributed by atoms with E-state index in [1.165, 1.54) is 24.3 Å². The minimum absolute atomic E-state index is 0.133. The highest BCUT2D eigenvalue weighted by Gasteiger charge is 2.26. The summed E-state index contributed by atoms with van der Waals surface area (Å²) in [6, 6.07) is 14.4. The summed E-state index contributed by atoms with van der Waals surface area (Å²) >= 11 is 0. The van der Waals surface area contributed by atoms with Gasteiger partial charge in [0, 0.05) is 18.5 Å². The van der Waals surface area contributed by atoms with Gasteiger partial charge in [0.1, 0.15) is 17.3 Å². The summed E-state index contributed by atoms with van der Waals surface area (Å²) in [5.41, 5.74) is 1.76. The molecule has 0 aliphatic carbocycles. The van der Waals surface area contributed by atoms with E-state index in [0.717, 1.165) is 5.69 Å². The third-order valence-corrected chi connectivity index (χ3v) is 4.48. The standard InChI is InChI=1S/C21H16FN3O3/c22-16-6-4-15(5-7-16)21(26)25-9-8-18-19(12-25)28-20(24-18)13-27-17-3-1-2-14(10-17)11-23/h1-7,10H,8-9,12-13H2. The van der Waals surface area contributed by atoms with E-state index in [2.05, 4.69) is 11.1 Å². The van der Waals surface area contributed by atoms with E-state index in [9.17, 15) is 9.18 Å². The number of halogens is 1. The molecule has 0 fully saturated rings. The maximum atomic E-state index is 13.1. The molecule has 28 heavy (non-hydrogen) atoms. The van der Waals surface area contributed by atoms with E-state index < -0.39 is 0 Å². The van der Waals surface area contributed by atoms with Crippen molar-refractivity contribution in [1.29, 1.82) is 5.26 Å². The number of aromatic nitrogens is 1. The van der Waals surface area contributed by atoms with Gasteiger partial charge in [0.25, 0.3) is 5.91 Å². The van der Waals surface area contributed by atoms with Crippen LogP contribution in [0.3, 0.4) is 0 Å². The minimum Gasteiger partial charge on any atom is -0.484 e. The summed E-state index contributed by atoms with van der Waals surface area (Å²) in [7, 11) is 0. The molecule has 2 heterocycles. The second kappa shape index (κ2) is 7.53. The third-order valence-electron chi connectivity index (χ3n) is 4.48. The van der Waals surface area contributed by atoms with Crippen molar-refractivity contribution >= 4 is 5.91 Å². The van der Waals surface area contributed by atoms with Gasteiger partial charge in [-0.25, -0.2) is 9.37 Å². The smallest absolute Gasteiger partial charge is 0.254 e.